The molecule has 0 heterocycles. The van der Waals surface area contributed by atoms with Crippen molar-refractivity contribution in [3.8, 4) is 17.9 Å². The van der Waals surface area contributed by atoms with Crippen LogP contribution in [-0.2, 0) is 16.7 Å². The van der Waals surface area contributed by atoms with E-state index in [0.29, 0.717) is 23.9 Å². The van der Waals surface area contributed by atoms with E-state index in [1.54, 1.807) is 12.1 Å². The van der Waals surface area contributed by atoms with E-state index >= 15 is 0 Å². The van der Waals surface area contributed by atoms with Gasteiger partial charge in [-0.1, -0.05) is 64.2 Å². The molecule has 1 amide bonds. The van der Waals surface area contributed by atoms with Gasteiger partial charge in [-0.25, -0.2) is 4.79 Å². The molecule has 0 aliphatic heterocycles. The Balaban J connectivity index is 1.77. The second-order valence-electron chi connectivity index (χ2n) is 5.16. The molecule has 126 valence electrons. The molecule has 2 aromatic carbocycles. The molecule has 5 heteroatoms. The van der Waals surface area contributed by atoms with Crippen molar-refractivity contribution in [2.45, 2.75) is 18.4 Å². The molecule has 2 aromatic rings. The molecule has 0 radical (unpaired) electrons. The van der Waals surface area contributed by atoms with Crippen molar-refractivity contribution < 1.29 is 9.53 Å². The zero-order valence-electron chi connectivity index (χ0n) is 13.6. The first-order valence-corrected chi connectivity index (χ1v) is 8.87. The van der Waals surface area contributed by atoms with Gasteiger partial charge in [0.25, 0.3) is 0 Å². The Hall–Kier alpha value is -2.76. The molecular formula is C20H17BrN2O2. The van der Waals surface area contributed by atoms with Gasteiger partial charge in [0.05, 0.1) is 11.6 Å². The summed E-state index contributed by atoms with van der Waals surface area (Å²) in [6, 6.07) is 17.0. The Labute approximate surface area is 155 Å². The average Bonchev–Trinajstić information content (AvgIpc) is 2.66. The lowest BCUT2D eigenvalue weighted by atomic mass is 10.1. The molecule has 0 unspecified atom stereocenters. The van der Waals surface area contributed by atoms with Crippen LogP contribution in [0.25, 0.3) is 0 Å². The molecule has 0 aliphatic carbocycles. The number of amides is 1. The first kappa shape index (κ1) is 18.6. The van der Waals surface area contributed by atoms with Crippen LogP contribution in [0.3, 0.4) is 0 Å². The number of alkyl halides is 1. The van der Waals surface area contributed by atoms with Gasteiger partial charge in [-0.15, -0.1) is 0 Å². The van der Waals surface area contributed by atoms with E-state index in [1.165, 1.54) is 0 Å². The molecule has 0 saturated heterocycles. The lowest BCUT2D eigenvalue weighted by molar-refractivity contribution is 0.140. The van der Waals surface area contributed by atoms with E-state index in [9.17, 15) is 4.79 Å². The summed E-state index contributed by atoms with van der Waals surface area (Å²) >= 11 is 3.41. The number of ether oxygens (including phenoxy) is 1. The number of hydrogen-bond acceptors (Lipinski definition) is 3. The zero-order valence-corrected chi connectivity index (χ0v) is 15.2. The molecule has 0 spiro atoms. The third-order valence-electron chi connectivity index (χ3n) is 3.34. The van der Waals surface area contributed by atoms with Crippen LogP contribution in [0.5, 0.6) is 0 Å². The summed E-state index contributed by atoms with van der Waals surface area (Å²) in [6.45, 7) is 0.649. The number of alkyl carbamates (subject to hydrolysis) is 1. The maximum Gasteiger partial charge on any atom is 0.407 e. The molecule has 25 heavy (non-hydrogen) atoms. The van der Waals surface area contributed by atoms with Crippen LogP contribution in [0.2, 0.25) is 0 Å². The Morgan fingerprint density at radius 1 is 1.20 bits per heavy atom. The quantitative estimate of drug-likeness (QED) is 0.469. The smallest absolute Gasteiger partial charge is 0.407 e. The number of nitrogens with zero attached hydrogens (tertiary/aromatic N) is 1. The normalized spacial score (nSPS) is 9.44. The topological polar surface area (TPSA) is 62.1 Å². The summed E-state index contributed by atoms with van der Waals surface area (Å²) < 4.78 is 5.12. The van der Waals surface area contributed by atoms with Crippen molar-refractivity contribution in [3.05, 3.63) is 70.8 Å². The van der Waals surface area contributed by atoms with E-state index in [1.807, 2.05) is 36.4 Å². The molecule has 0 aromatic heterocycles. The molecule has 0 fully saturated rings. The van der Waals surface area contributed by atoms with Gasteiger partial charge in [-0.3, -0.25) is 0 Å². The minimum absolute atomic E-state index is 0.244. The largest absolute Gasteiger partial charge is 0.445 e. The van der Waals surface area contributed by atoms with Gasteiger partial charge in [0.1, 0.15) is 6.61 Å². The predicted molar refractivity (Wildman–Crippen MR) is 99.9 cm³/mol. The number of carbonyl (C=O) groups is 1. The lowest BCUT2D eigenvalue weighted by Gasteiger charge is -2.05. The van der Waals surface area contributed by atoms with Crippen molar-refractivity contribution in [3.63, 3.8) is 0 Å². The number of nitrogens with one attached hydrogen (secondary N) is 1. The Kier molecular flexibility index (Phi) is 7.56. The number of benzene rings is 2. The summed E-state index contributed by atoms with van der Waals surface area (Å²) in [6.07, 6.45) is 0.0390. The van der Waals surface area contributed by atoms with Crippen LogP contribution in [-0.4, -0.2) is 12.6 Å². The van der Waals surface area contributed by atoms with Gasteiger partial charge in [-0.05, 0) is 23.3 Å². The molecule has 0 saturated carbocycles. The minimum Gasteiger partial charge on any atom is -0.445 e. The fraction of sp³-hybridized carbons (Fsp3) is 0.200. The first-order valence-electron chi connectivity index (χ1n) is 7.75. The van der Waals surface area contributed by atoms with Crippen molar-refractivity contribution >= 4 is 22.0 Å². The highest BCUT2D eigenvalue weighted by Gasteiger charge is 2.02. The van der Waals surface area contributed by atoms with E-state index in [0.717, 1.165) is 16.7 Å². The van der Waals surface area contributed by atoms with Crippen LogP contribution in [0.15, 0.2) is 48.5 Å². The van der Waals surface area contributed by atoms with Gasteiger partial charge in [0, 0.05) is 23.9 Å². The monoisotopic (exact) mass is 396 g/mol. The highest BCUT2D eigenvalue weighted by molar-refractivity contribution is 9.08. The number of hydrogen-bond donors (Lipinski definition) is 1. The van der Waals surface area contributed by atoms with Crippen molar-refractivity contribution in [1.29, 1.82) is 5.26 Å². The molecule has 4 nitrogen and oxygen atoms in total. The molecule has 1 N–H and O–H groups in total. The van der Waals surface area contributed by atoms with Gasteiger partial charge in [-0.2, -0.15) is 5.26 Å². The van der Waals surface area contributed by atoms with Crippen LogP contribution in [0, 0.1) is 23.2 Å². The number of halogens is 1. The summed E-state index contributed by atoms with van der Waals surface area (Å²) in [7, 11) is 0. The standard InChI is InChI=1S/C20H17BrN2O2/c21-13-19-10-9-17(14-22)12-18(19)8-4-5-11-23-20(24)25-15-16-6-2-1-3-7-16/h1-3,6-7,9-10,12H,5,11,13,15H2,(H,23,24). The van der Waals surface area contributed by atoms with Gasteiger partial charge < -0.3 is 10.1 Å². The molecular weight excluding hydrogens is 380 g/mol. The number of rotatable bonds is 5. The third kappa shape index (κ3) is 6.33. The Bertz CT molecular complexity index is 817. The fourth-order valence-electron chi connectivity index (χ4n) is 2.04. The van der Waals surface area contributed by atoms with E-state index in [4.69, 9.17) is 10.00 Å². The van der Waals surface area contributed by atoms with Crippen LogP contribution in [0.4, 0.5) is 4.79 Å². The second-order valence-corrected chi connectivity index (χ2v) is 5.72. The Morgan fingerprint density at radius 3 is 2.72 bits per heavy atom. The van der Waals surface area contributed by atoms with Crippen LogP contribution in [0.1, 0.15) is 28.7 Å². The summed E-state index contributed by atoms with van der Waals surface area (Å²) in [5.41, 5.74) is 3.37. The van der Waals surface area contributed by atoms with Gasteiger partial charge in [0.15, 0.2) is 0 Å². The SMILES string of the molecule is N#Cc1ccc(CBr)c(C#CCCNC(=O)OCc2ccccc2)c1. The summed E-state index contributed by atoms with van der Waals surface area (Å²) in [4.78, 5) is 11.6. The van der Waals surface area contributed by atoms with Crippen molar-refractivity contribution in [1.82, 2.24) is 5.32 Å². The fourth-order valence-corrected chi connectivity index (χ4v) is 2.53. The Morgan fingerprint density at radius 2 is 2.00 bits per heavy atom. The summed E-state index contributed by atoms with van der Waals surface area (Å²) in [5.74, 6) is 6.05. The molecule has 0 aliphatic rings. The highest BCUT2D eigenvalue weighted by atomic mass is 79.9. The van der Waals surface area contributed by atoms with Gasteiger partial charge in [0.2, 0.25) is 0 Å². The van der Waals surface area contributed by atoms with E-state index < -0.39 is 6.09 Å². The van der Waals surface area contributed by atoms with E-state index in [-0.39, 0.29) is 6.61 Å². The maximum absolute atomic E-state index is 11.6. The van der Waals surface area contributed by atoms with Crippen LogP contribution >= 0.6 is 15.9 Å². The maximum atomic E-state index is 11.6. The zero-order chi connectivity index (χ0) is 17.9. The van der Waals surface area contributed by atoms with Gasteiger partial charge >= 0.3 is 6.09 Å². The summed E-state index contributed by atoms with van der Waals surface area (Å²) in [5, 5.41) is 12.3. The third-order valence-corrected chi connectivity index (χ3v) is 3.94. The minimum atomic E-state index is -0.460. The van der Waals surface area contributed by atoms with E-state index in [2.05, 4.69) is 39.2 Å². The van der Waals surface area contributed by atoms with Crippen LogP contribution < -0.4 is 5.32 Å². The van der Waals surface area contributed by atoms with Crippen molar-refractivity contribution in [2.24, 2.45) is 0 Å². The highest BCUT2D eigenvalue weighted by Crippen LogP contribution is 2.14. The average molecular weight is 397 g/mol. The number of carbonyl (C=O) groups excluding carboxylic acids is 1. The predicted octanol–water partition coefficient (Wildman–Crippen LogP) is 4.12. The number of nitriles is 1. The lowest BCUT2D eigenvalue weighted by Crippen LogP contribution is -2.24. The molecule has 2 rings (SSSR count). The molecule has 0 atom stereocenters. The van der Waals surface area contributed by atoms with Crippen molar-refractivity contribution in [2.75, 3.05) is 6.54 Å². The first-order chi connectivity index (χ1) is 12.2. The molecule has 0 bridgehead atoms. The second kappa shape index (κ2) is 10.2.